The molecule has 0 saturated carbocycles. The van der Waals surface area contributed by atoms with Crippen molar-refractivity contribution >= 4 is 5.97 Å². The SMILES string of the molecule is CC/C=C\C/C=C\C/C=C\C[C@@H]1O[C@@H]1C/C=C\C/C=C\CCC(=O)O. The highest BCUT2D eigenvalue weighted by molar-refractivity contribution is 5.66. The standard InChI is InChI=1S/C22H32O3/c1-2-3-4-5-6-7-8-11-14-17-20-21(25-20)18-15-12-9-10-13-16-19-22(23)24/h3-4,6-7,10-15,20-21H,2,5,8-9,16-19H2,1H3,(H,23,24)/b4-3-,7-6-,13-10-,14-11-,15-12-/t20-,21+/m0/s1. The van der Waals surface area contributed by atoms with Gasteiger partial charge in [-0.15, -0.1) is 0 Å². The maximum absolute atomic E-state index is 10.4. The lowest BCUT2D eigenvalue weighted by Gasteiger charge is -1.88. The fraction of sp³-hybridized carbons (Fsp3) is 0.500. The number of ether oxygens (including phenoxy) is 1. The lowest BCUT2D eigenvalue weighted by atomic mass is 10.1. The zero-order valence-electron chi connectivity index (χ0n) is 15.3. The molecule has 1 saturated heterocycles. The van der Waals surface area contributed by atoms with Crippen LogP contribution in [0, 0.1) is 0 Å². The summed E-state index contributed by atoms with van der Waals surface area (Å²) in [6.45, 7) is 2.15. The summed E-state index contributed by atoms with van der Waals surface area (Å²) in [5.74, 6) is -0.744. The van der Waals surface area contributed by atoms with Crippen LogP contribution in [0.25, 0.3) is 0 Å². The molecule has 0 aliphatic carbocycles. The number of hydrogen-bond acceptors (Lipinski definition) is 2. The van der Waals surface area contributed by atoms with Gasteiger partial charge >= 0.3 is 5.97 Å². The molecular formula is C22H32O3. The molecule has 0 aromatic carbocycles. The number of carbonyl (C=O) groups is 1. The summed E-state index contributed by atoms with van der Waals surface area (Å²) in [6.07, 6.45) is 28.9. The first-order valence-corrected chi connectivity index (χ1v) is 9.36. The number of rotatable bonds is 14. The first-order chi connectivity index (χ1) is 12.2. The van der Waals surface area contributed by atoms with Crippen LogP contribution in [-0.4, -0.2) is 23.3 Å². The Kier molecular flexibility index (Phi) is 12.3. The van der Waals surface area contributed by atoms with Crippen LogP contribution in [0.3, 0.4) is 0 Å². The summed E-state index contributed by atoms with van der Waals surface area (Å²) in [7, 11) is 0. The van der Waals surface area contributed by atoms with Crippen LogP contribution < -0.4 is 0 Å². The van der Waals surface area contributed by atoms with E-state index < -0.39 is 5.97 Å². The molecule has 1 fully saturated rings. The summed E-state index contributed by atoms with van der Waals surface area (Å²) in [6, 6.07) is 0. The fourth-order valence-corrected chi connectivity index (χ4v) is 2.36. The average molecular weight is 344 g/mol. The minimum absolute atomic E-state index is 0.205. The smallest absolute Gasteiger partial charge is 0.303 e. The van der Waals surface area contributed by atoms with Gasteiger partial charge in [0.1, 0.15) is 0 Å². The molecular weight excluding hydrogens is 312 g/mol. The molecule has 3 heteroatoms. The van der Waals surface area contributed by atoms with E-state index in [9.17, 15) is 4.79 Å². The van der Waals surface area contributed by atoms with Crippen molar-refractivity contribution in [1.29, 1.82) is 0 Å². The van der Waals surface area contributed by atoms with E-state index in [1.165, 1.54) is 0 Å². The maximum atomic E-state index is 10.4. The Morgan fingerprint density at radius 2 is 1.28 bits per heavy atom. The van der Waals surface area contributed by atoms with Crippen molar-refractivity contribution in [2.24, 2.45) is 0 Å². The maximum Gasteiger partial charge on any atom is 0.303 e. The highest BCUT2D eigenvalue weighted by Gasteiger charge is 2.35. The summed E-state index contributed by atoms with van der Waals surface area (Å²) < 4.78 is 5.65. The van der Waals surface area contributed by atoms with Gasteiger partial charge in [0.15, 0.2) is 0 Å². The van der Waals surface area contributed by atoms with Gasteiger partial charge in [0.25, 0.3) is 0 Å². The van der Waals surface area contributed by atoms with Gasteiger partial charge in [-0.3, -0.25) is 4.79 Å². The normalized spacial score (nSPS) is 20.8. The molecule has 0 bridgehead atoms. The van der Waals surface area contributed by atoms with E-state index in [1.54, 1.807) is 0 Å². The van der Waals surface area contributed by atoms with Gasteiger partial charge in [-0.25, -0.2) is 0 Å². The molecule has 0 amide bonds. The number of aliphatic carboxylic acids is 1. The second-order valence-electron chi connectivity index (χ2n) is 6.09. The van der Waals surface area contributed by atoms with E-state index in [-0.39, 0.29) is 6.42 Å². The lowest BCUT2D eigenvalue weighted by Crippen LogP contribution is -1.91. The van der Waals surface area contributed by atoms with Gasteiger partial charge in [-0.1, -0.05) is 67.7 Å². The summed E-state index contributed by atoms with van der Waals surface area (Å²) in [5.41, 5.74) is 0. The van der Waals surface area contributed by atoms with Crippen molar-refractivity contribution in [1.82, 2.24) is 0 Å². The van der Waals surface area contributed by atoms with Gasteiger partial charge in [0.2, 0.25) is 0 Å². The molecule has 0 radical (unpaired) electrons. The monoisotopic (exact) mass is 344 g/mol. The molecule has 25 heavy (non-hydrogen) atoms. The first-order valence-electron chi connectivity index (χ1n) is 9.36. The van der Waals surface area contributed by atoms with Crippen molar-refractivity contribution in [2.75, 3.05) is 0 Å². The zero-order valence-corrected chi connectivity index (χ0v) is 15.3. The molecule has 1 aliphatic heterocycles. The molecule has 2 atom stereocenters. The fourth-order valence-electron chi connectivity index (χ4n) is 2.36. The molecule has 3 nitrogen and oxygen atoms in total. The topological polar surface area (TPSA) is 49.8 Å². The molecule has 1 aliphatic rings. The average Bonchev–Trinajstić information content (AvgIpc) is 3.34. The number of allylic oxidation sites excluding steroid dienone is 8. The largest absolute Gasteiger partial charge is 0.481 e. The van der Waals surface area contributed by atoms with Gasteiger partial charge in [0, 0.05) is 6.42 Å². The number of carboxylic acid groups (broad SMARTS) is 1. The predicted molar refractivity (Wildman–Crippen MR) is 105 cm³/mol. The van der Waals surface area contributed by atoms with Gasteiger partial charge in [-0.05, 0) is 44.9 Å². The molecule has 1 heterocycles. The quantitative estimate of drug-likeness (QED) is 0.322. The molecule has 1 rings (SSSR count). The van der Waals surface area contributed by atoms with Crippen molar-refractivity contribution in [3.63, 3.8) is 0 Å². The van der Waals surface area contributed by atoms with Gasteiger partial charge in [0.05, 0.1) is 12.2 Å². The molecule has 0 aromatic heterocycles. The van der Waals surface area contributed by atoms with Crippen LogP contribution in [-0.2, 0) is 9.53 Å². The van der Waals surface area contributed by atoms with Crippen LogP contribution in [0.4, 0.5) is 0 Å². The van der Waals surface area contributed by atoms with E-state index >= 15 is 0 Å². The summed E-state index contributed by atoms with van der Waals surface area (Å²) in [4.78, 5) is 10.4. The Balaban J connectivity index is 1.97. The third kappa shape index (κ3) is 13.1. The Hall–Kier alpha value is -1.87. The third-order valence-corrected chi connectivity index (χ3v) is 3.83. The predicted octanol–water partition coefficient (Wildman–Crippen LogP) is 5.76. The molecule has 0 spiro atoms. The molecule has 0 aromatic rings. The second-order valence-corrected chi connectivity index (χ2v) is 6.09. The molecule has 1 N–H and O–H groups in total. The lowest BCUT2D eigenvalue weighted by molar-refractivity contribution is -0.136. The van der Waals surface area contributed by atoms with Crippen molar-refractivity contribution in [3.8, 4) is 0 Å². The highest BCUT2D eigenvalue weighted by Crippen LogP contribution is 2.29. The van der Waals surface area contributed by atoms with Crippen molar-refractivity contribution in [3.05, 3.63) is 60.8 Å². The molecule has 0 unspecified atom stereocenters. The van der Waals surface area contributed by atoms with Gasteiger partial charge in [-0.2, -0.15) is 0 Å². The van der Waals surface area contributed by atoms with Crippen LogP contribution in [0.15, 0.2) is 60.8 Å². The van der Waals surface area contributed by atoms with Crippen LogP contribution in [0.5, 0.6) is 0 Å². The van der Waals surface area contributed by atoms with Crippen molar-refractivity contribution < 1.29 is 14.6 Å². The number of epoxide rings is 1. The summed E-state index contributed by atoms with van der Waals surface area (Å²) >= 11 is 0. The van der Waals surface area contributed by atoms with E-state index in [4.69, 9.17) is 9.84 Å². The Bertz CT molecular complexity index is 497. The van der Waals surface area contributed by atoms with E-state index in [0.717, 1.165) is 38.5 Å². The van der Waals surface area contributed by atoms with Gasteiger partial charge < -0.3 is 9.84 Å². The van der Waals surface area contributed by atoms with Crippen molar-refractivity contribution in [2.45, 2.75) is 70.5 Å². The second kappa shape index (κ2) is 14.5. The molecule has 138 valence electrons. The third-order valence-electron chi connectivity index (χ3n) is 3.83. The first kappa shape index (κ1) is 21.2. The van der Waals surface area contributed by atoms with E-state index in [1.807, 2.05) is 12.2 Å². The van der Waals surface area contributed by atoms with E-state index in [2.05, 4.69) is 55.5 Å². The minimum Gasteiger partial charge on any atom is -0.481 e. The Morgan fingerprint density at radius 3 is 1.80 bits per heavy atom. The minimum atomic E-state index is -0.744. The highest BCUT2D eigenvalue weighted by atomic mass is 16.6. The van der Waals surface area contributed by atoms with E-state index in [0.29, 0.717) is 18.6 Å². The number of hydrogen-bond donors (Lipinski definition) is 1. The zero-order chi connectivity index (χ0) is 18.2. The number of carboxylic acids is 1. The van der Waals surface area contributed by atoms with Crippen LogP contribution in [0.2, 0.25) is 0 Å². The van der Waals surface area contributed by atoms with Crippen LogP contribution in [0.1, 0.15) is 58.3 Å². The Labute approximate surface area is 152 Å². The summed E-state index contributed by atoms with van der Waals surface area (Å²) in [5, 5.41) is 8.52. The van der Waals surface area contributed by atoms with Crippen LogP contribution >= 0.6 is 0 Å². The Morgan fingerprint density at radius 1 is 0.800 bits per heavy atom.